The monoisotopic (exact) mass is 357 g/mol. The number of ether oxygens (including phenoxy) is 2. The van der Waals surface area contributed by atoms with Gasteiger partial charge in [0.2, 0.25) is 5.89 Å². The minimum absolute atomic E-state index is 0.00343. The number of hydrogen-bond acceptors (Lipinski definition) is 7. The van der Waals surface area contributed by atoms with Crippen LogP contribution in [0.5, 0.6) is 11.5 Å². The van der Waals surface area contributed by atoms with Crippen LogP contribution in [0.4, 0.5) is 6.01 Å². The fraction of sp³-hybridized carbons (Fsp3) is 0.294. The van der Waals surface area contributed by atoms with Crippen molar-refractivity contribution in [2.45, 2.75) is 19.9 Å². The number of benzene rings is 1. The van der Waals surface area contributed by atoms with Crippen LogP contribution in [0.1, 0.15) is 30.4 Å². The summed E-state index contributed by atoms with van der Waals surface area (Å²) in [6.07, 6.45) is 1.57. The van der Waals surface area contributed by atoms with Gasteiger partial charge in [-0.1, -0.05) is 5.10 Å². The van der Waals surface area contributed by atoms with Crippen LogP contribution in [0.25, 0.3) is 11.5 Å². The molecule has 1 N–H and O–H groups in total. The molecule has 0 saturated carbocycles. The summed E-state index contributed by atoms with van der Waals surface area (Å²) in [6, 6.07) is 6.88. The Morgan fingerprint density at radius 3 is 2.62 bits per heavy atom. The molecule has 26 heavy (non-hydrogen) atoms. The normalized spacial score (nSPS) is 10.8. The number of carbonyl (C=O) groups is 1. The standard InChI is InChI=1S/C17H19N5O4/c1-10(2)22-12(7-8-18-22)15(23)19-17-21-20-16(26-17)11-5-6-13(24-3)14(9-11)25-4/h5-10H,1-4H3,(H,19,21,23). The Balaban J connectivity index is 1.80. The van der Waals surface area contributed by atoms with E-state index in [1.165, 1.54) is 0 Å². The molecule has 3 rings (SSSR count). The van der Waals surface area contributed by atoms with Gasteiger partial charge in [0.15, 0.2) is 11.5 Å². The Hall–Kier alpha value is -3.36. The molecule has 1 amide bonds. The number of rotatable bonds is 6. The summed E-state index contributed by atoms with van der Waals surface area (Å²) in [6.45, 7) is 3.87. The number of carbonyl (C=O) groups excluding carboxylic acids is 1. The lowest BCUT2D eigenvalue weighted by molar-refractivity contribution is 0.101. The van der Waals surface area contributed by atoms with Gasteiger partial charge in [-0.3, -0.25) is 14.8 Å². The van der Waals surface area contributed by atoms with E-state index in [4.69, 9.17) is 13.9 Å². The van der Waals surface area contributed by atoms with Gasteiger partial charge < -0.3 is 13.9 Å². The van der Waals surface area contributed by atoms with E-state index in [0.29, 0.717) is 22.8 Å². The van der Waals surface area contributed by atoms with Gasteiger partial charge in [0.1, 0.15) is 5.69 Å². The van der Waals surface area contributed by atoms with Crippen LogP contribution >= 0.6 is 0 Å². The molecular weight excluding hydrogens is 338 g/mol. The fourth-order valence-corrected chi connectivity index (χ4v) is 2.43. The van der Waals surface area contributed by atoms with Gasteiger partial charge in [-0.2, -0.15) is 5.10 Å². The predicted molar refractivity (Wildman–Crippen MR) is 93.4 cm³/mol. The molecule has 2 aromatic heterocycles. The lowest BCUT2D eigenvalue weighted by Crippen LogP contribution is -2.19. The van der Waals surface area contributed by atoms with E-state index in [-0.39, 0.29) is 23.9 Å². The summed E-state index contributed by atoms with van der Waals surface area (Å²) >= 11 is 0. The second-order valence-corrected chi connectivity index (χ2v) is 5.69. The Morgan fingerprint density at radius 2 is 1.92 bits per heavy atom. The number of aromatic nitrogens is 4. The minimum atomic E-state index is -0.376. The van der Waals surface area contributed by atoms with Crippen LogP contribution in [-0.4, -0.2) is 40.1 Å². The maximum absolute atomic E-state index is 12.4. The van der Waals surface area contributed by atoms with E-state index in [2.05, 4.69) is 20.6 Å². The molecule has 0 unspecified atom stereocenters. The van der Waals surface area contributed by atoms with Gasteiger partial charge in [-0.25, -0.2) is 0 Å². The average molecular weight is 357 g/mol. The SMILES string of the molecule is COc1ccc(-c2nnc(NC(=O)c3ccnn3C(C)C)o2)cc1OC. The number of nitrogens with zero attached hydrogens (tertiary/aromatic N) is 4. The first-order valence-corrected chi connectivity index (χ1v) is 7.94. The highest BCUT2D eigenvalue weighted by Crippen LogP contribution is 2.32. The molecule has 0 fully saturated rings. The van der Waals surface area contributed by atoms with Crippen LogP contribution in [-0.2, 0) is 0 Å². The molecule has 0 atom stereocenters. The number of anilines is 1. The summed E-state index contributed by atoms with van der Waals surface area (Å²) in [4.78, 5) is 12.4. The van der Waals surface area contributed by atoms with Crippen molar-refractivity contribution in [3.05, 3.63) is 36.2 Å². The molecule has 9 heteroatoms. The molecular formula is C17H19N5O4. The first-order valence-electron chi connectivity index (χ1n) is 7.94. The molecule has 2 heterocycles. The van der Waals surface area contributed by atoms with Crippen LogP contribution in [0.2, 0.25) is 0 Å². The Labute approximate surface area is 149 Å². The zero-order chi connectivity index (χ0) is 18.7. The Bertz CT molecular complexity index is 916. The van der Waals surface area contributed by atoms with Gasteiger partial charge in [-0.15, -0.1) is 5.10 Å². The second kappa shape index (κ2) is 7.26. The lowest BCUT2D eigenvalue weighted by Gasteiger charge is -2.09. The molecule has 136 valence electrons. The maximum Gasteiger partial charge on any atom is 0.322 e. The summed E-state index contributed by atoms with van der Waals surface area (Å²) in [5, 5.41) is 14.5. The third-order valence-corrected chi connectivity index (χ3v) is 3.67. The zero-order valence-corrected chi connectivity index (χ0v) is 14.9. The predicted octanol–water partition coefficient (Wildman–Crippen LogP) is 2.78. The summed E-state index contributed by atoms with van der Waals surface area (Å²) in [5.41, 5.74) is 1.05. The Morgan fingerprint density at radius 1 is 1.15 bits per heavy atom. The highest BCUT2D eigenvalue weighted by Gasteiger charge is 2.18. The molecule has 0 saturated heterocycles. The highest BCUT2D eigenvalue weighted by atomic mass is 16.5. The minimum Gasteiger partial charge on any atom is -0.493 e. The van der Waals surface area contributed by atoms with Crippen LogP contribution < -0.4 is 14.8 Å². The quantitative estimate of drug-likeness (QED) is 0.723. The summed E-state index contributed by atoms with van der Waals surface area (Å²) in [7, 11) is 3.10. The van der Waals surface area contributed by atoms with E-state index in [1.54, 1.807) is 49.4 Å². The Kier molecular flexibility index (Phi) is 4.87. The van der Waals surface area contributed by atoms with Crippen LogP contribution in [0, 0.1) is 0 Å². The number of hydrogen-bond donors (Lipinski definition) is 1. The highest BCUT2D eigenvalue weighted by molar-refractivity contribution is 6.01. The number of methoxy groups -OCH3 is 2. The lowest BCUT2D eigenvalue weighted by atomic mass is 10.2. The van der Waals surface area contributed by atoms with Crippen molar-refractivity contribution >= 4 is 11.9 Å². The van der Waals surface area contributed by atoms with Gasteiger partial charge in [-0.05, 0) is 38.1 Å². The molecule has 0 bridgehead atoms. The van der Waals surface area contributed by atoms with E-state index in [1.807, 2.05) is 13.8 Å². The fourth-order valence-electron chi connectivity index (χ4n) is 2.43. The van der Waals surface area contributed by atoms with E-state index in [0.717, 1.165) is 0 Å². The van der Waals surface area contributed by atoms with Crippen molar-refractivity contribution in [2.75, 3.05) is 19.5 Å². The molecule has 0 aliphatic carbocycles. The zero-order valence-electron chi connectivity index (χ0n) is 14.9. The molecule has 0 spiro atoms. The molecule has 3 aromatic rings. The number of nitrogens with one attached hydrogen (secondary N) is 1. The van der Waals surface area contributed by atoms with Crippen molar-refractivity contribution < 1.29 is 18.7 Å². The van der Waals surface area contributed by atoms with Gasteiger partial charge in [0, 0.05) is 17.8 Å². The van der Waals surface area contributed by atoms with Gasteiger partial charge >= 0.3 is 6.01 Å². The van der Waals surface area contributed by atoms with Crippen molar-refractivity contribution in [1.29, 1.82) is 0 Å². The smallest absolute Gasteiger partial charge is 0.322 e. The van der Waals surface area contributed by atoms with Crippen LogP contribution in [0.15, 0.2) is 34.9 Å². The third-order valence-electron chi connectivity index (χ3n) is 3.67. The van der Waals surface area contributed by atoms with Crippen molar-refractivity contribution in [1.82, 2.24) is 20.0 Å². The third kappa shape index (κ3) is 3.37. The topological polar surface area (TPSA) is 104 Å². The largest absolute Gasteiger partial charge is 0.493 e. The summed E-state index contributed by atoms with van der Waals surface area (Å²) in [5.74, 6) is 0.998. The van der Waals surface area contributed by atoms with Crippen LogP contribution in [0.3, 0.4) is 0 Å². The molecule has 1 aromatic carbocycles. The maximum atomic E-state index is 12.4. The molecule has 9 nitrogen and oxygen atoms in total. The van der Waals surface area contributed by atoms with Gasteiger partial charge in [0.25, 0.3) is 5.91 Å². The van der Waals surface area contributed by atoms with Crippen molar-refractivity contribution in [2.24, 2.45) is 0 Å². The van der Waals surface area contributed by atoms with Crippen molar-refractivity contribution in [3.8, 4) is 23.0 Å². The molecule has 0 aliphatic heterocycles. The first-order chi connectivity index (χ1) is 12.5. The number of amides is 1. The molecule has 0 radical (unpaired) electrons. The van der Waals surface area contributed by atoms with Crippen molar-refractivity contribution in [3.63, 3.8) is 0 Å². The average Bonchev–Trinajstić information content (AvgIpc) is 3.30. The van der Waals surface area contributed by atoms with E-state index >= 15 is 0 Å². The van der Waals surface area contributed by atoms with E-state index < -0.39 is 0 Å². The second-order valence-electron chi connectivity index (χ2n) is 5.69. The summed E-state index contributed by atoms with van der Waals surface area (Å²) < 4.78 is 17.6. The molecule has 0 aliphatic rings. The first kappa shape index (κ1) is 17.5. The van der Waals surface area contributed by atoms with E-state index in [9.17, 15) is 4.79 Å². The van der Waals surface area contributed by atoms with Gasteiger partial charge in [0.05, 0.1) is 14.2 Å².